The fourth-order valence-corrected chi connectivity index (χ4v) is 1.30. The number of carbonyl (C=O) groups excluding carboxylic acids is 1. The van der Waals surface area contributed by atoms with Crippen LogP contribution in [0.3, 0.4) is 0 Å². The number of amides is 2. The van der Waals surface area contributed by atoms with E-state index in [1.807, 2.05) is 0 Å². The van der Waals surface area contributed by atoms with E-state index in [1.165, 1.54) is 18.2 Å². The Balaban J connectivity index is 2.87. The van der Waals surface area contributed by atoms with E-state index in [4.69, 9.17) is 16.7 Å². The average molecular weight is 243 g/mol. The SMILES string of the molecule is CCNC(=O)Nc1ccc(Cl)c(C(=O)O)c1. The number of nitrogens with one attached hydrogen (secondary N) is 2. The Morgan fingerprint density at radius 3 is 2.69 bits per heavy atom. The maximum atomic E-state index is 11.2. The monoisotopic (exact) mass is 242 g/mol. The number of hydrogen-bond donors (Lipinski definition) is 3. The lowest BCUT2D eigenvalue weighted by Gasteiger charge is -2.07. The minimum Gasteiger partial charge on any atom is -0.478 e. The Morgan fingerprint density at radius 1 is 1.44 bits per heavy atom. The van der Waals surface area contributed by atoms with Crippen LogP contribution in [0.2, 0.25) is 5.02 Å². The molecule has 0 saturated heterocycles. The summed E-state index contributed by atoms with van der Waals surface area (Å²) in [6.07, 6.45) is 0. The van der Waals surface area contributed by atoms with Crippen molar-refractivity contribution in [2.24, 2.45) is 0 Å². The minimum atomic E-state index is -1.13. The molecule has 86 valence electrons. The van der Waals surface area contributed by atoms with Crippen molar-refractivity contribution in [2.45, 2.75) is 6.92 Å². The lowest BCUT2D eigenvalue weighted by atomic mass is 10.2. The van der Waals surface area contributed by atoms with Gasteiger partial charge in [0.25, 0.3) is 0 Å². The summed E-state index contributed by atoms with van der Waals surface area (Å²) in [5.74, 6) is -1.13. The molecule has 3 N–H and O–H groups in total. The molecule has 1 rings (SSSR count). The third-order valence-corrected chi connectivity index (χ3v) is 2.12. The van der Waals surface area contributed by atoms with Crippen molar-refractivity contribution in [3.63, 3.8) is 0 Å². The van der Waals surface area contributed by atoms with Gasteiger partial charge in [0, 0.05) is 12.2 Å². The summed E-state index contributed by atoms with van der Waals surface area (Å²) in [7, 11) is 0. The lowest BCUT2D eigenvalue weighted by molar-refractivity contribution is 0.0697. The first-order valence-electron chi connectivity index (χ1n) is 4.62. The standard InChI is InChI=1S/C10H11ClN2O3/c1-2-12-10(16)13-6-3-4-8(11)7(5-6)9(14)15/h3-5H,2H2,1H3,(H,14,15)(H2,12,13,16). The number of carbonyl (C=O) groups is 2. The van der Waals surface area contributed by atoms with Gasteiger partial charge in [-0.15, -0.1) is 0 Å². The molecule has 0 aliphatic rings. The minimum absolute atomic E-state index is 0.0454. The number of benzene rings is 1. The van der Waals surface area contributed by atoms with E-state index >= 15 is 0 Å². The predicted octanol–water partition coefficient (Wildman–Crippen LogP) is 2.18. The molecule has 0 radical (unpaired) electrons. The van der Waals surface area contributed by atoms with Gasteiger partial charge in [0.05, 0.1) is 10.6 Å². The van der Waals surface area contributed by atoms with Crippen LogP contribution in [0.25, 0.3) is 0 Å². The van der Waals surface area contributed by atoms with Crippen molar-refractivity contribution in [3.8, 4) is 0 Å². The molecule has 0 heterocycles. The highest BCUT2D eigenvalue weighted by atomic mass is 35.5. The van der Waals surface area contributed by atoms with Gasteiger partial charge in [0.1, 0.15) is 0 Å². The van der Waals surface area contributed by atoms with Crippen LogP contribution in [-0.4, -0.2) is 23.7 Å². The second-order valence-electron chi connectivity index (χ2n) is 2.98. The number of carboxylic acid groups (broad SMARTS) is 1. The van der Waals surface area contributed by atoms with Gasteiger partial charge in [0.15, 0.2) is 0 Å². The van der Waals surface area contributed by atoms with Crippen molar-refractivity contribution < 1.29 is 14.7 Å². The second kappa shape index (κ2) is 5.37. The van der Waals surface area contributed by atoms with Crippen LogP contribution in [0, 0.1) is 0 Å². The second-order valence-corrected chi connectivity index (χ2v) is 3.39. The van der Waals surface area contributed by atoms with Crippen LogP contribution in [-0.2, 0) is 0 Å². The molecule has 0 aliphatic carbocycles. The highest BCUT2D eigenvalue weighted by molar-refractivity contribution is 6.33. The van der Waals surface area contributed by atoms with Gasteiger partial charge in [-0.25, -0.2) is 9.59 Å². The highest BCUT2D eigenvalue weighted by Crippen LogP contribution is 2.20. The molecule has 16 heavy (non-hydrogen) atoms. The summed E-state index contributed by atoms with van der Waals surface area (Å²) in [5, 5.41) is 14.0. The molecule has 6 heteroatoms. The van der Waals surface area contributed by atoms with Gasteiger partial charge < -0.3 is 15.7 Å². The molecule has 1 aromatic rings. The molecule has 0 bridgehead atoms. The van der Waals surface area contributed by atoms with Crippen molar-refractivity contribution >= 4 is 29.3 Å². The molecule has 0 atom stereocenters. The first-order valence-corrected chi connectivity index (χ1v) is 5.00. The first-order chi connectivity index (χ1) is 7.54. The molecule has 0 unspecified atom stereocenters. The van der Waals surface area contributed by atoms with Crippen LogP contribution < -0.4 is 10.6 Å². The summed E-state index contributed by atoms with van der Waals surface area (Å²) in [6.45, 7) is 2.27. The van der Waals surface area contributed by atoms with Gasteiger partial charge in [0.2, 0.25) is 0 Å². The fourth-order valence-electron chi connectivity index (χ4n) is 1.10. The normalized spacial score (nSPS) is 9.62. The Morgan fingerprint density at radius 2 is 2.12 bits per heavy atom. The molecular weight excluding hydrogens is 232 g/mol. The predicted molar refractivity (Wildman–Crippen MR) is 61.1 cm³/mol. The van der Waals surface area contributed by atoms with Crippen molar-refractivity contribution in [1.29, 1.82) is 0 Å². The largest absolute Gasteiger partial charge is 0.478 e. The Kier molecular flexibility index (Phi) is 4.13. The van der Waals surface area contributed by atoms with Crippen molar-refractivity contribution in [3.05, 3.63) is 28.8 Å². The molecule has 5 nitrogen and oxygen atoms in total. The third-order valence-electron chi connectivity index (χ3n) is 1.79. The molecule has 0 aromatic heterocycles. The summed E-state index contributed by atoms with van der Waals surface area (Å²) >= 11 is 5.68. The molecule has 0 spiro atoms. The van der Waals surface area contributed by atoms with Gasteiger partial charge in [-0.2, -0.15) is 0 Å². The first kappa shape index (κ1) is 12.3. The van der Waals surface area contributed by atoms with Gasteiger partial charge in [-0.05, 0) is 25.1 Å². The topological polar surface area (TPSA) is 78.4 Å². The zero-order chi connectivity index (χ0) is 12.1. The number of urea groups is 1. The third kappa shape index (κ3) is 3.13. The molecule has 1 aromatic carbocycles. The van der Waals surface area contributed by atoms with E-state index in [0.717, 1.165) is 0 Å². The number of halogens is 1. The summed E-state index contributed by atoms with van der Waals surface area (Å²) < 4.78 is 0. The molecule has 2 amide bonds. The smallest absolute Gasteiger partial charge is 0.337 e. The van der Waals surface area contributed by atoms with E-state index in [2.05, 4.69) is 10.6 Å². The van der Waals surface area contributed by atoms with Crippen molar-refractivity contribution in [2.75, 3.05) is 11.9 Å². The highest BCUT2D eigenvalue weighted by Gasteiger charge is 2.10. The van der Waals surface area contributed by atoms with Crippen molar-refractivity contribution in [1.82, 2.24) is 5.32 Å². The van der Waals surface area contributed by atoms with E-state index in [0.29, 0.717) is 12.2 Å². The van der Waals surface area contributed by atoms with Gasteiger partial charge in [-0.3, -0.25) is 0 Å². The molecule has 0 saturated carbocycles. The molecular formula is C10H11ClN2O3. The fraction of sp³-hybridized carbons (Fsp3) is 0.200. The van der Waals surface area contributed by atoms with E-state index < -0.39 is 5.97 Å². The van der Waals surface area contributed by atoms with Crippen LogP contribution in [0.1, 0.15) is 17.3 Å². The van der Waals surface area contributed by atoms with Crippen LogP contribution in [0.4, 0.5) is 10.5 Å². The number of aromatic carboxylic acids is 1. The Labute approximate surface area is 97.4 Å². The summed E-state index contributed by atoms with van der Waals surface area (Å²) in [5.41, 5.74) is 0.337. The number of hydrogen-bond acceptors (Lipinski definition) is 2. The van der Waals surface area contributed by atoms with E-state index in [-0.39, 0.29) is 16.6 Å². The number of anilines is 1. The summed E-state index contributed by atoms with van der Waals surface area (Å²) in [6, 6.07) is 3.87. The molecule has 0 aliphatic heterocycles. The van der Waals surface area contributed by atoms with Crippen LogP contribution in [0.15, 0.2) is 18.2 Å². The number of rotatable bonds is 3. The van der Waals surface area contributed by atoms with Gasteiger partial charge >= 0.3 is 12.0 Å². The Bertz CT molecular complexity index is 421. The Hall–Kier alpha value is -1.75. The van der Waals surface area contributed by atoms with Gasteiger partial charge in [-0.1, -0.05) is 11.6 Å². The summed E-state index contributed by atoms with van der Waals surface area (Å²) in [4.78, 5) is 21.9. The van der Waals surface area contributed by atoms with E-state index in [1.54, 1.807) is 6.92 Å². The van der Waals surface area contributed by atoms with Crippen LogP contribution in [0.5, 0.6) is 0 Å². The zero-order valence-corrected chi connectivity index (χ0v) is 9.34. The lowest BCUT2D eigenvalue weighted by Crippen LogP contribution is -2.28. The number of carboxylic acids is 1. The quantitative estimate of drug-likeness (QED) is 0.760. The average Bonchev–Trinajstić information content (AvgIpc) is 2.21. The van der Waals surface area contributed by atoms with E-state index in [9.17, 15) is 9.59 Å². The maximum Gasteiger partial charge on any atom is 0.337 e. The van der Waals surface area contributed by atoms with Crippen LogP contribution >= 0.6 is 11.6 Å². The zero-order valence-electron chi connectivity index (χ0n) is 8.58. The molecule has 0 fully saturated rings. The maximum absolute atomic E-state index is 11.2.